The molecular formula is C12H24N2O2. The Morgan fingerprint density at radius 3 is 2.69 bits per heavy atom. The molecule has 0 aromatic heterocycles. The SMILES string of the molecule is CCNC1CC(C(=O)O)CN(CC(C)C)C1. The maximum atomic E-state index is 11.1. The Balaban J connectivity index is 2.55. The van der Waals surface area contributed by atoms with Crippen LogP contribution >= 0.6 is 0 Å². The summed E-state index contributed by atoms with van der Waals surface area (Å²) in [5.41, 5.74) is 0. The Morgan fingerprint density at radius 2 is 2.19 bits per heavy atom. The first-order valence-electron chi connectivity index (χ1n) is 6.21. The van der Waals surface area contributed by atoms with Crippen LogP contribution in [0.25, 0.3) is 0 Å². The number of nitrogens with zero attached hydrogens (tertiary/aromatic N) is 1. The van der Waals surface area contributed by atoms with Gasteiger partial charge in [0.15, 0.2) is 0 Å². The van der Waals surface area contributed by atoms with Gasteiger partial charge in [-0.2, -0.15) is 0 Å². The zero-order valence-corrected chi connectivity index (χ0v) is 10.6. The molecule has 2 unspecified atom stereocenters. The zero-order chi connectivity index (χ0) is 12.1. The molecule has 0 spiro atoms. The van der Waals surface area contributed by atoms with E-state index in [-0.39, 0.29) is 5.92 Å². The van der Waals surface area contributed by atoms with Crippen molar-refractivity contribution in [2.24, 2.45) is 11.8 Å². The summed E-state index contributed by atoms with van der Waals surface area (Å²) in [5, 5.41) is 12.5. The zero-order valence-electron chi connectivity index (χ0n) is 10.6. The van der Waals surface area contributed by atoms with Crippen LogP contribution in [0.2, 0.25) is 0 Å². The number of rotatable bonds is 5. The number of piperidine rings is 1. The van der Waals surface area contributed by atoms with Crippen LogP contribution in [0.3, 0.4) is 0 Å². The van der Waals surface area contributed by atoms with Crippen molar-refractivity contribution in [3.8, 4) is 0 Å². The molecule has 0 saturated carbocycles. The summed E-state index contributed by atoms with van der Waals surface area (Å²) in [6, 6.07) is 0.332. The molecule has 0 radical (unpaired) electrons. The van der Waals surface area contributed by atoms with Crippen LogP contribution in [0.15, 0.2) is 0 Å². The van der Waals surface area contributed by atoms with Crippen LogP contribution < -0.4 is 5.32 Å². The molecule has 0 aromatic rings. The van der Waals surface area contributed by atoms with E-state index in [4.69, 9.17) is 5.11 Å². The van der Waals surface area contributed by atoms with Gasteiger partial charge in [0.2, 0.25) is 0 Å². The Kier molecular flexibility index (Phi) is 5.22. The highest BCUT2D eigenvalue weighted by Gasteiger charge is 2.31. The van der Waals surface area contributed by atoms with Crippen molar-refractivity contribution in [1.29, 1.82) is 0 Å². The van der Waals surface area contributed by atoms with Gasteiger partial charge in [-0.1, -0.05) is 20.8 Å². The van der Waals surface area contributed by atoms with Crippen molar-refractivity contribution < 1.29 is 9.90 Å². The standard InChI is InChI=1S/C12H24N2O2/c1-4-13-11-5-10(12(15)16)7-14(8-11)6-9(2)3/h9-11,13H,4-8H2,1-3H3,(H,15,16). The van der Waals surface area contributed by atoms with Crippen molar-refractivity contribution in [2.75, 3.05) is 26.2 Å². The van der Waals surface area contributed by atoms with Gasteiger partial charge < -0.3 is 15.3 Å². The summed E-state index contributed by atoms with van der Waals surface area (Å²) in [5.74, 6) is -0.275. The third kappa shape index (κ3) is 4.10. The van der Waals surface area contributed by atoms with Crippen molar-refractivity contribution >= 4 is 5.97 Å². The summed E-state index contributed by atoms with van der Waals surface area (Å²) in [6.45, 7) is 10.00. The summed E-state index contributed by atoms with van der Waals surface area (Å²) in [6.07, 6.45) is 0.762. The molecular weight excluding hydrogens is 204 g/mol. The molecule has 0 bridgehead atoms. The first kappa shape index (κ1) is 13.5. The maximum Gasteiger partial charge on any atom is 0.307 e. The highest BCUT2D eigenvalue weighted by molar-refractivity contribution is 5.70. The average Bonchev–Trinajstić information content (AvgIpc) is 2.16. The molecule has 0 amide bonds. The fourth-order valence-electron chi connectivity index (χ4n) is 2.47. The Morgan fingerprint density at radius 1 is 1.50 bits per heavy atom. The third-order valence-electron chi connectivity index (χ3n) is 2.99. The molecule has 16 heavy (non-hydrogen) atoms. The molecule has 1 fully saturated rings. The minimum absolute atomic E-state index is 0.212. The van der Waals surface area contributed by atoms with Gasteiger partial charge in [0, 0.05) is 25.7 Å². The fraction of sp³-hybridized carbons (Fsp3) is 0.917. The monoisotopic (exact) mass is 228 g/mol. The number of carbonyl (C=O) groups is 1. The smallest absolute Gasteiger partial charge is 0.307 e. The van der Waals surface area contributed by atoms with Gasteiger partial charge in [-0.15, -0.1) is 0 Å². The molecule has 0 aromatic carbocycles. The minimum Gasteiger partial charge on any atom is -0.481 e. The van der Waals surface area contributed by atoms with Crippen molar-refractivity contribution in [1.82, 2.24) is 10.2 Å². The van der Waals surface area contributed by atoms with Crippen LogP contribution in [0.1, 0.15) is 27.2 Å². The number of hydrogen-bond donors (Lipinski definition) is 2. The number of likely N-dealkylation sites (tertiary alicyclic amines) is 1. The number of aliphatic carboxylic acids is 1. The van der Waals surface area contributed by atoms with Gasteiger partial charge >= 0.3 is 5.97 Å². The van der Waals surface area contributed by atoms with Gasteiger partial charge in [0.25, 0.3) is 0 Å². The van der Waals surface area contributed by atoms with E-state index in [0.29, 0.717) is 18.5 Å². The summed E-state index contributed by atoms with van der Waals surface area (Å²) in [7, 11) is 0. The highest BCUT2D eigenvalue weighted by Crippen LogP contribution is 2.18. The molecule has 2 atom stereocenters. The lowest BCUT2D eigenvalue weighted by Crippen LogP contribution is -2.51. The van der Waals surface area contributed by atoms with E-state index in [0.717, 1.165) is 26.1 Å². The number of carboxylic acids is 1. The number of hydrogen-bond acceptors (Lipinski definition) is 3. The van der Waals surface area contributed by atoms with Crippen molar-refractivity contribution in [3.05, 3.63) is 0 Å². The molecule has 1 saturated heterocycles. The topological polar surface area (TPSA) is 52.6 Å². The van der Waals surface area contributed by atoms with E-state index in [2.05, 4.69) is 31.0 Å². The largest absolute Gasteiger partial charge is 0.481 e. The van der Waals surface area contributed by atoms with Crippen LogP contribution in [-0.4, -0.2) is 48.2 Å². The Labute approximate surface area is 98.0 Å². The van der Waals surface area contributed by atoms with Gasteiger partial charge in [-0.3, -0.25) is 4.79 Å². The van der Waals surface area contributed by atoms with E-state index < -0.39 is 5.97 Å². The number of likely N-dealkylation sites (N-methyl/N-ethyl adjacent to an activating group) is 1. The van der Waals surface area contributed by atoms with Gasteiger partial charge in [0.1, 0.15) is 0 Å². The second-order valence-electron chi connectivity index (χ2n) is 5.14. The number of carboxylic acid groups (broad SMARTS) is 1. The summed E-state index contributed by atoms with van der Waals surface area (Å²) < 4.78 is 0. The first-order chi connectivity index (χ1) is 7.52. The minimum atomic E-state index is -0.656. The lowest BCUT2D eigenvalue weighted by Gasteiger charge is -2.37. The van der Waals surface area contributed by atoms with E-state index in [1.807, 2.05) is 0 Å². The van der Waals surface area contributed by atoms with E-state index >= 15 is 0 Å². The molecule has 94 valence electrons. The third-order valence-corrected chi connectivity index (χ3v) is 2.99. The van der Waals surface area contributed by atoms with Gasteiger partial charge in [-0.25, -0.2) is 0 Å². The lowest BCUT2D eigenvalue weighted by molar-refractivity contribution is -0.144. The van der Waals surface area contributed by atoms with Gasteiger partial charge in [0.05, 0.1) is 5.92 Å². The molecule has 0 aliphatic carbocycles. The fourth-order valence-corrected chi connectivity index (χ4v) is 2.47. The second kappa shape index (κ2) is 6.21. The predicted octanol–water partition coefficient (Wildman–Crippen LogP) is 1.03. The molecule has 4 heteroatoms. The van der Waals surface area contributed by atoms with Crippen LogP contribution in [0.4, 0.5) is 0 Å². The van der Waals surface area contributed by atoms with E-state index in [1.165, 1.54) is 0 Å². The van der Waals surface area contributed by atoms with Crippen LogP contribution in [-0.2, 0) is 4.79 Å². The first-order valence-corrected chi connectivity index (χ1v) is 6.21. The van der Waals surface area contributed by atoms with Crippen molar-refractivity contribution in [2.45, 2.75) is 33.2 Å². The molecule has 1 rings (SSSR count). The average molecular weight is 228 g/mol. The second-order valence-corrected chi connectivity index (χ2v) is 5.14. The highest BCUT2D eigenvalue weighted by atomic mass is 16.4. The number of nitrogens with one attached hydrogen (secondary N) is 1. The lowest BCUT2D eigenvalue weighted by atomic mass is 9.93. The van der Waals surface area contributed by atoms with E-state index in [9.17, 15) is 4.79 Å². The Hall–Kier alpha value is -0.610. The molecule has 4 nitrogen and oxygen atoms in total. The molecule has 1 heterocycles. The van der Waals surface area contributed by atoms with Crippen LogP contribution in [0, 0.1) is 11.8 Å². The quantitative estimate of drug-likeness (QED) is 0.738. The van der Waals surface area contributed by atoms with Crippen molar-refractivity contribution in [3.63, 3.8) is 0 Å². The van der Waals surface area contributed by atoms with Gasteiger partial charge in [-0.05, 0) is 18.9 Å². The normalized spacial score (nSPS) is 27.2. The maximum absolute atomic E-state index is 11.1. The predicted molar refractivity (Wildman–Crippen MR) is 64.5 cm³/mol. The Bertz CT molecular complexity index is 231. The summed E-state index contributed by atoms with van der Waals surface area (Å²) in [4.78, 5) is 13.4. The molecule has 1 aliphatic rings. The molecule has 2 N–H and O–H groups in total. The molecule has 1 aliphatic heterocycles. The van der Waals surface area contributed by atoms with E-state index in [1.54, 1.807) is 0 Å². The van der Waals surface area contributed by atoms with Crippen LogP contribution in [0.5, 0.6) is 0 Å². The summed E-state index contributed by atoms with van der Waals surface area (Å²) >= 11 is 0.